The summed E-state index contributed by atoms with van der Waals surface area (Å²) in [5.41, 5.74) is -0.350. The van der Waals surface area contributed by atoms with E-state index < -0.39 is 91.7 Å². The first-order chi connectivity index (χ1) is 25.7. The highest BCUT2D eigenvalue weighted by molar-refractivity contribution is 5.19. The van der Waals surface area contributed by atoms with Crippen LogP contribution in [-0.4, -0.2) is 139 Å². The van der Waals surface area contributed by atoms with Crippen LogP contribution in [-0.2, 0) is 18.9 Å². The molecular weight excluding hydrogens is 712 g/mol. The number of hydrogen-bond donors (Lipinski definition) is 9. The molecule has 0 bridgehead atoms. The second-order valence-corrected chi connectivity index (χ2v) is 19.9. The summed E-state index contributed by atoms with van der Waals surface area (Å²) in [6, 6.07) is 0. The fourth-order valence-corrected chi connectivity index (χ4v) is 13.3. The molecule has 0 spiro atoms. The van der Waals surface area contributed by atoms with Gasteiger partial charge in [0.1, 0.15) is 48.8 Å². The molecule has 2 heterocycles. The van der Waals surface area contributed by atoms with Crippen LogP contribution in [0.3, 0.4) is 0 Å². The van der Waals surface area contributed by atoms with Crippen LogP contribution in [0, 0.1) is 45.3 Å². The zero-order chi connectivity index (χ0) is 40.5. The van der Waals surface area contributed by atoms with Gasteiger partial charge >= 0.3 is 0 Å². The number of aliphatic hydroxyl groups excluding tert-OH is 8. The highest BCUT2D eigenvalue weighted by Crippen LogP contribution is 2.76. The Kier molecular flexibility index (Phi) is 12.7. The van der Waals surface area contributed by atoms with Gasteiger partial charge in [0, 0.05) is 12.0 Å². The Morgan fingerprint density at radius 1 is 0.709 bits per heavy atom. The first-order valence-electron chi connectivity index (χ1n) is 20.9. The molecule has 0 amide bonds. The number of ether oxygens (including phenoxy) is 4. The predicted octanol–water partition coefficient (Wildman–Crippen LogP) is 2.15. The lowest BCUT2D eigenvalue weighted by Gasteiger charge is -2.70. The van der Waals surface area contributed by atoms with E-state index in [-0.39, 0.29) is 40.6 Å². The second kappa shape index (κ2) is 16.0. The molecule has 6 aliphatic rings. The monoisotopic (exact) mass is 784 g/mol. The van der Waals surface area contributed by atoms with Crippen LogP contribution in [0.15, 0.2) is 11.6 Å². The van der Waals surface area contributed by atoms with Crippen molar-refractivity contribution in [1.82, 2.24) is 0 Å². The molecule has 6 fully saturated rings. The molecule has 4 aliphatic carbocycles. The van der Waals surface area contributed by atoms with Crippen LogP contribution in [0.25, 0.3) is 0 Å². The molecule has 0 unspecified atom stereocenters. The molecule has 2 saturated heterocycles. The summed E-state index contributed by atoms with van der Waals surface area (Å²) in [7, 11) is 0. The quantitative estimate of drug-likeness (QED) is 0.109. The van der Waals surface area contributed by atoms with Gasteiger partial charge in [0.25, 0.3) is 0 Å². The summed E-state index contributed by atoms with van der Waals surface area (Å²) in [6.45, 7) is 14.3. The zero-order valence-electron chi connectivity index (χ0n) is 34.1. The van der Waals surface area contributed by atoms with Crippen LogP contribution in [0.1, 0.15) is 113 Å². The van der Waals surface area contributed by atoms with Crippen molar-refractivity contribution in [3.63, 3.8) is 0 Å². The lowest BCUT2D eigenvalue weighted by Crippen LogP contribution is -2.67. The molecule has 0 aromatic rings. The van der Waals surface area contributed by atoms with E-state index in [1.54, 1.807) is 0 Å². The fourth-order valence-electron chi connectivity index (χ4n) is 13.3. The van der Waals surface area contributed by atoms with Gasteiger partial charge in [0.15, 0.2) is 12.6 Å². The third kappa shape index (κ3) is 7.20. The molecule has 13 nitrogen and oxygen atoms in total. The average Bonchev–Trinajstić information content (AvgIpc) is 3.50. The van der Waals surface area contributed by atoms with E-state index in [9.17, 15) is 46.0 Å². The maximum absolute atomic E-state index is 11.9. The summed E-state index contributed by atoms with van der Waals surface area (Å²) in [4.78, 5) is 0. The molecular formula is C42H72O13. The number of rotatable bonds is 11. The van der Waals surface area contributed by atoms with Crippen molar-refractivity contribution >= 4 is 0 Å². The van der Waals surface area contributed by atoms with Gasteiger partial charge in [-0.2, -0.15) is 0 Å². The van der Waals surface area contributed by atoms with Gasteiger partial charge in [-0.05, 0) is 125 Å². The van der Waals surface area contributed by atoms with E-state index in [2.05, 4.69) is 47.6 Å². The molecule has 9 N–H and O–H groups in total. The maximum atomic E-state index is 11.9. The fraction of sp³-hybridized carbons (Fsp3) is 0.952. The summed E-state index contributed by atoms with van der Waals surface area (Å²) in [5.74, 6) is 0.975. The summed E-state index contributed by atoms with van der Waals surface area (Å²) in [5, 5.41) is 96.8. The Balaban J connectivity index is 1.23. The second-order valence-electron chi connectivity index (χ2n) is 19.9. The smallest absolute Gasteiger partial charge is 0.187 e. The first-order valence-corrected chi connectivity index (χ1v) is 20.9. The van der Waals surface area contributed by atoms with E-state index >= 15 is 0 Å². The topological polar surface area (TPSA) is 219 Å². The Bertz CT molecular complexity index is 1350. The largest absolute Gasteiger partial charge is 0.396 e. The van der Waals surface area contributed by atoms with Crippen LogP contribution in [0.4, 0.5) is 0 Å². The standard InChI is InChI=1S/C42H72O13/c1-22(2)9-8-15-41(7,51)24-12-16-39(5)23(24)10-11-28-40(39,6)17-13-27-38(3,4)29(14-18-42(27,28)21-45)54-37-35(33(49)31(47)26(20-44)53-37)55-36-34(50)32(48)30(46)25(19-43)52-36/h9,23-37,43-51H,8,10-21H2,1-7H3/t23-,24+,25-,26-,27+,28+,29+,30-,31-,32+,33+,34-,35-,36+,37+,39-,40-,41+,42-/m1/s1. The van der Waals surface area contributed by atoms with Crippen LogP contribution >= 0.6 is 0 Å². The van der Waals surface area contributed by atoms with E-state index in [1.165, 1.54) is 5.57 Å². The molecule has 6 rings (SSSR count). The molecule has 4 saturated carbocycles. The summed E-state index contributed by atoms with van der Waals surface area (Å²) >= 11 is 0. The van der Waals surface area contributed by atoms with Crippen LogP contribution in [0.5, 0.6) is 0 Å². The Morgan fingerprint density at radius 3 is 1.95 bits per heavy atom. The van der Waals surface area contributed by atoms with Gasteiger partial charge in [-0.1, -0.05) is 39.3 Å². The molecule has 0 aromatic heterocycles. The number of fused-ring (bicyclic) bond motifs is 5. The van der Waals surface area contributed by atoms with Crippen molar-refractivity contribution in [2.45, 2.75) is 186 Å². The molecule has 19 atom stereocenters. The Labute approximate surface area is 327 Å². The summed E-state index contributed by atoms with van der Waals surface area (Å²) in [6.07, 6.45) is -4.59. The van der Waals surface area contributed by atoms with Gasteiger partial charge in [-0.3, -0.25) is 0 Å². The SMILES string of the molecule is CC(C)=CCC[C@](C)(O)[C@H]1CC[C@]2(C)[C@@H]1CC[C@@H]1[C@@]3(CO)CC[C@H](O[C@@H]4O[C@H](CO)[C@@H](O)[C@H](O)[C@H]4O[C@@H]4O[C@H](CO)[C@@H](O)[C@H](O)[C@H]4O)C(C)(C)[C@@H]3CC[C@]12C. The van der Waals surface area contributed by atoms with Crippen molar-refractivity contribution in [1.29, 1.82) is 0 Å². The highest BCUT2D eigenvalue weighted by Gasteiger charge is 2.71. The molecule has 55 heavy (non-hydrogen) atoms. The molecule has 13 heteroatoms. The number of aliphatic hydroxyl groups is 9. The van der Waals surface area contributed by atoms with E-state index in [0.717, 1.165) is 51.4 Å². The van der Waals surface area contributed by atoms with E-state index in [0.29, 0.717) is 18.8 Å². The van der Waals surface area contributed by atoms with Gasteiger partial charge < -0.3 is 64.9 Å². The van der Waals surface area contributed by atoms with Crippen LogP contribution in [0.2, 0.25) is 0 Å². The first kappa shape index (κ1) is 43.8. The number of allylic oxidation sites excluding steroid dienone is 2. The minimum Gasteiger partial charge on any atom is -0.396 e. The van der Waals surface area contributed by atoms with Crippen molar-refractivity contribution in [2.75, 3.05) is 19.8 Å². The highest BCUT2D eigenvalue weighted by atomic mass is 16.8. The van der Waals surface area contributed by atoms with E-state index in [1.807, 2.05) is 6.92 Å². The average molecular weight is 785 g/mol. The van der Waals surface area contributed by atoms with Crippen molar-refractivity contribution in [3.05, 3.63) is 11.6 Å². The van der Waals surface area contributed by atoms with Crippen molar-refractivity contribution < 1.29 is 64.9 Å². The third-order valence-electron chi connectivity index (χ3n) is 16.6. The Morgan fingerprint density at radius 2 is 1.33 bits per heavy atom. The lowest BCUT2D eigenvalue weighted by molar-refractivity contribution is -0.379. The van der Waals surface area contributed by atoms with Crippen LogP contribution < -0.4 is 0 Å². The molecule has 2 aliphatic heterocycles. The number of hydrogen-bond acceptors (Lipinski definition) is 13. The molecule has 0 aromatic carbocycles. The molecule has 318 valence electrons. The van der Waals surface area contributed by atoms with Gasteiger partial charge in [-0.25, -0.2) is 0 Å². The minimum absolute atomic E-state index is 0.0207. The maximum Gasteiger partial charge on any atom is 0.187 e. The van der Waals surface area contributed by atoms with Gasteiger partial charge in [0.2, 0.25) is 0 Å². The molecule has 0 radical (unpaired) electrons. The predicted molar refractivity (Wildman–Crippen MR) is 201 cm³/mol. The normalized spacial score (nSPS) is 50.7. The Hall–Kier alpha value is -0.780. The third-order valence-corrected chi connectivity index (χ3v) is 16.6. The lowest BCUT2D eigenvalue weighted by atomic mass is 9.35. The minimum atomic E-state index is -1.76. The van der Waals surface area contributed by atoms with Crippen molar-refractivity contribution in [3.8, 4) is 0 Å². The van der Waals surface area contributed by atoms with Gasteiger partial charge in [0.05, 0.1) is 24.9 Å². The zero-order valence-corrected chi connectivity index (χ0v) is 34.1. The van der Waals surface area contributed by atoms with Crippen molar-refractivity contribution in [2.24, 2.45) is 45.3 Å². The van der Waals surface area contributed by atoms with Gasteiger partial charge in [-0.15, -0.1) is 0 Å². The summed E-state index contributed by atoms with van der Waals surface area (Å²) < 4.78 is 24.3. The van der Waals surface area contributed by atoms with E-state index in [4.69, 9.17) is 18.9 Å².